The van der Waals surface area contributed by atoms with E-state index in [4.69, 9.17) is 4.74 Å². The Kier molecular flexibility index (Phi) is 5.47. The third-order valence-electron chi connectivity index (χ3n) is 4.37. The maximum absolute atomic E-state index is 5.69. The van der Waals surface area contributed by atoms with Gasteiger partial charge in [-0.3, -0.25) is 9.58 Å². The lowest BCUT2D eigenvalue weighted by Crippen LogP contribution is -2.45. The van der Waals surface area contributed by atoms with E-state index in [0.29, 0.717) is 12.0 Å². The van der Waals surface area contributed by atoms with Crippen molar-refractivity contribution < 1.29 is 4.74 Å². The van der Waals surface area contributed by atoms with Crippen molar-refractivity contribution in [3.05, 3.63) is 53.9 Å². The minimum atomic E-state index is 0.540. The average Bonchev–Trinajstić information content (AvgIpc) is 3.02. The Morgan fingerprint density at radius 3 is 2.78 bits per heavy atom. The van der Waals surface area contributed by atoms with Gasteiger partial charge in [0.05, 0.1) is 19.8 Å². The second kappa shape index (κ2) is 7.75. The van der Waals surface area contributed by atoms with Crippen LogP contribution in [0.15, 0.2) is 42.7 Å². The Bertz CT molecular complexity index is 594. The molecule has 1 aliphatic heterocycles. The van der Waals surface area contributed by atoms with Gasteiger partial charge in [-0.1, -0.05) is 38.1 Å². The molecule has 0 amide bonds. The van der Waals surface area contributed by atoms with E-state index in [1.165, 1.54) is 17.5 Å². The molecule has 1 aliphatic rings. The van der Waals surface area contributed by atoms with E-state index >= 15 is 0 Å². The van der Waals surface area contributed by atoms with E-state index in [0.717, 1.165) is 32.8 Å². The lowest BCUT2D eigenvalue weighted by atomic mass is 10.0. The maximum Gasteiger partial charge on any atom is 0.0659 e. The van der Waals surface area contributed by atoms with Crippen LogP contribution in [0.4, 0.5) is 0 Å². The zero-order valence-electron chi connectivity index (χ0n) is 14.2. The van der Waals surface area contributed by atoms with Gasteiger partial charge in [-0.2, -0.15) is 5.10 Å². The van der Waals surface area contributed by atoms with Gasteiger partial charge in [0.25, 0.3) is 0 Å². The van der Waals surface area contributed by atoms with E-state index in [2.05, 4.69) is 48.1 Å². The van der Waals surface area contributed by atoms with Crippen molar-refractivity contribution in [1.82, 2.24) is 14.7 Å². The average molecular weight is 313 g/mol. The standard InChI is InChI=1S/C19H27N3O/c1-16(2)11-19-15-23-10-9-21(19)13-17-5-3-6-18(12-17)14-22-8-4-7-20-22/h3-8,12,16,19H,9-11,13-15H2,1-2H3/t19-/m1/s1. The molecule has 4 nitrogen and oxygen atoms in total. The van der Waals surface area contributed by atoms with Crippen LogP contribution in [0.1, 0.15) is 31.4 Å². The lowest BCUT2D eigenvalue weighted by Gasteiger charge is -2.36. The van der Waals surface area contributed by atoms with E-state index < -0.39 is 0 Å². The highest BCUT2D eigenvalue weighted by Gasteiger charge is 2.23. The van der Waals surface area contributed by atoms with Gasteiger partial charge in [0.15, 0.2) is 0 Å². The predicted molar refractivity (Wildman–Crippen MR) is 92.2 cm³/mol. The van der Waals surface area contributed by atoms with E-state index in [9.17, 15) is 0 Å². The van der Waals surface area contributed by atoms with E-state index in [-0.39, 0.29) is 0 Å². The first-order valence-electron chi connectivity index (χ1n) is 8.58. The molecule has 1 saturated heterocycles. The Balaban J connectivity index is 1.66. The third kappa shape index (κ3) is 4.66. The van der Waals surface area contributed by atoms with Crippen molar-refractivity contribution in [2.45, 2.75) is 39.4 Å². The zero-order valence-corrected chi connectivity index (χ0v) is 14.2. The molecule has 0 aliphatic carbocycles. The van der Waals surface area contributed by atoms with Gasteiger partial charge in [-0.15, -0.1) is 0 Å². The minimum Gasteiger partial charge on any atom is -0.378 e. The lowest BCUT2D eigenvalue weighted by molar-refractivity contribution is -0.0186. The second-order valence-corrected chi connectivity index (χ2v) is 6.85. The monoisotopic (exact) mass is 313 g/mol. The highest BCUT2D eigenvalue weighted by molar-refractivity contribution is 5.23. The molecule has 4 heteroatoms. The predicted octanol–water partition coefficient (Wildman–Crippen LogP) is 3.18. The summed E-state index contributed by atoms with van der Waals surface area (Å²) in [5.41, 5.74) is 2.69. The number of hydrogen-bond donors (Lipinski definition) is 0. The van der Waals surface area contributed by atoms with Crippen LogP contribution >= 0.6 is 0 Å². The molecule has 0 saturated carbocycles. The molecule has 0 radical (unpaired) electrons. The number of rotatable bonds is 6. The number of nitrogens with zero attached hydrogens (tertiary/aromatic N) is 3. The first-order chi connectivity index (χ1) is 11.2. The number of benzene rings is 1. The molecule has 0 bridgehead atoms. The number of morpholine rings is 1. The van der Waals surface area contributed by atoms with Crippen molar-refractivity contribution >= 4 is 0 Å². The largest absolute Gasteiger partial charge is 0.378 e. The first kappa shape index (κ1) is 16.2. The normalized spacial score (nSPS) is 19.3. The molecule has 0 spiro atoms. The summed E-state index contributed by atoms with van der Waals surface area (Å²) >= 11 is 0. The van der Waals surface area contributed by atoms with Crippen LogP contribution in [0.5, 0.6) is 0 Å². The van der Waals surface area contributed by atoms with Crippen molar-refractivity contribution in [2.24, 2.45) is 5.92 Å². The SMILES string of the molecule is CC(C)C[C@@H]1COCCN1Cc1cccc(Cn2cccn2)c1. The summed E-state index contributed by atoms with van der Waals surface area (Å²) < 4.78 is 7.66. The molecule has 124 valence electrons. The van der Waals surface area contributed by atoms with Gasteiger partial charge >= 0.3 is 0 Å². The maximum atomic E-state index is 5.69. The van der Waals surface area contributed by atoms with Gasteiger partial charge in [0, 0.05) is 31.5 Å². The molecule has 1 atom stereocenters. The molecule has 2 aromatic rings. The van der Waals surface area contributed by atoms with E-state index in [1.54, 1.807) is 0 Å². The fourth-order valence-corrected chi connectivity index (χ4v) is 3.30. The van der Waals surface area contributed by atoms with Crippen LogP contribution in [0, 0.1) is 5.92 Å². The summed E-state index contributed by atoms with van der Waals surface area (Å²) in [5, 5.41) is 4.29. The molecule has 0 N–H and O–H groups in total. The Labute approximate surface area is 139 Å². The molecular weight excluding hydrogens is 286 g/mol. The summed E-state index contributed by atoms with van der Waals surface area (Å²) in [6.07, 6.45) is 5.04. The van der Waals surface area contributed by atoms with Gasteiger partial charge < -0.3 is 4.74 Å². The molecule has 1 aromatic heterocycles. The number of hydrogen-bond acceptors (Lipinski definition) is 3. The van der Waals surface area contributed by atoms with Gasteiger partial charge in [-0.25, -0.2) is 0 Å². The molecule has 23 heavy (non-hydrogen) atoms. The molecule has 1 fully saturated rings. The van der Waals surface area contributed by atoms with Crippen LogP contribution in [0.25, 0.3) is 0 Å². The smallest absolute Gasteiger partial charge is 0.0659 e. The van der Waals surface area contributed by atoms with Gasteiger partial charge in [-0.05, 0) is 29.5 Å². The molecule has 0 unspecified atom stereocenters. The van der Waals surface area contributed by atoms with Gasteiger partial charge in [0.2, 0.25) is 0 Å². The Morgan fingerprint density at radius 2 is 2.04 bits per heavy atom. The molecule has 3 rings (SSSR count). The van der Waals surface area contributed by atoms with Crippen LogP contribution in [-0.2, 0) is 17.8 Å². The summed E-state index contributed by atoms with van der Waals surface area (Å²) in [6.45, 7) is 9.16. The van der Waals surface area contributed by atoms with Crippen LogP contribution in [0.2, 0.25) is 0 Å². The summed E-state index contributed by atoms with van der Waals surface area (Å²) in [4.78, 5) is 2.58. The highest BCUT2D eigenvalue weighted by Crippen LogP contribution is 2.19. The van der Waals surface area contributed by atoms with Gasteiger partial charge in [0.1, 0.15) is 0 Å². The quantitative estimate of drug-likeness (QED) is 0.820. The van der Waals surface area contributed by atoms with Crippen LogP contribution in [0.3, 0.4) is 0 Å². The number of ether oxygens (including phenoxy) is 1. The highest BCUT2D eigenvalue weighted by atomic mass is 16.5. The molecule has 2 heterocycles. The van der Waals surface area contributed by atoms with Crippen LogP contribution < -0.4 is 0 Å². The third-order valence-corrected chi connectivity index (χ3v) is 4.37. The summed E-state index contributed by atoms with van der Waals surface area (Å²) in [5.74, 6) is 0.704. The Hall–Kier alpha value is -1.65. The molecule has 1 aromatic carbocycles. The summed E-state index contributed by atoms with van der Waals surface area (Å²) in [6, 6.07) is 11.4. The zero-order chi connectivity index (χ0) is 16.1. The second-order valence-electron chi connectivity index (χ2n) is 6.85. The summed E-state index contributed by atoms with van der Waals surface area (Å²) in [7, 11) is 0. The number of aromatic nitrogens is 2. The minimum absolute atomic E-state index is 0.540. The van der Waals surface area contributed by atoms with Crippen LogP contribution in [-0.4, -0.2) is 40.5 Å². The topological polar surface area (TPSA) is 30.3 Å². The van der Waals surface area contributed by atoms with E-state index in [1.807, 2.05) is 23.1 Å². The van der Waals surface area contributed by atoms with Crippen molar-refractivity contribution in [3.8, 4) is 0 Å². The van der Waals surface area contributed by atoms with Crippen molar-refractivity contribution in [1.29, 1.82) is 0 Å². The fraction of sp³-hybridized carbons (Fsp3) is 0.526. The molecular formula is C19H27N3O. The Morgan fingerprint density at radius 1 is 1.22 bits per heavy atom. The first-order valence-corrected chi connectivity index (χ1v) is 8.58. The fourth-order valence-electron chi connectivity index (χ4n) is 3.30. The van der Waals surface area contributed by atoms with Crippen molar-refractivity contribution in [3.63, 3.8) is 0 Å². The van der Waals surface area contributed by atoms with Crippen molar-refractivity contribution in [2.75, 3.05) is 19.8 Å².